The molecule has 0 radical (unpaired) electrons. The molecular weight excluding hydrogens is 454 g/mol. The van der Waals surface area contributed by atoms with Crippen LogP contribution in [0.1, 0.15) is 16.7 Å². The number of nitrogens with one attached hydrogen (secondary N) is 1. The van der Waals surface area contributed by atoms with Gasteiger partial charge in [-0.05, 0) is 44.0 Å². The smallest absolute Gasteiger partial charge is 0.207 e. The van der Waals surface area contributed by atoms with Crippen LogP contribution in [0.3, 0.4) is 0 Å². The van der Waals surface area contributed by atoms with Gasteiger partial charge in [0.2, 0.25) is 10.0 Å². The summed E-state index contributed by atoms with van der Waals surface area (Å²) in [5.74, 6) is -0.591. The van der Waals surface area contributed by atoms with Gasteiger partial charge in [-0.3, -0.25) is 0 Å². The monoisotopic (exact) mass is 471 g/mol. The lowest BCUT2D eigenvalue weighted by molar-refractivity contribution is -0.145. The second-order valence-corrected chi connectivity index (χ2v) is 9.80. The number of thioether (sulfide) groups is 1. The summed E-state index contributed by atoms with van der Waals surface area (Å²) in [6, 6.07) is 5.53. The third kappa shape index (κ3) is 5.57. The highest BCUT2D eigenvalue weighted by atomic mass is 35.5. The van der Waals surface area contributed by atoms with Gasteiger partial charge < -0.3 is 0 Å². The maximum Gasteiger partial charge on any atom is 0.405 e. The Labute approximate surface area is 176 Å². The number of benzene rings is 2. The molecule has 0 saturated carbocycles. The van der Waals surface area contributed by atoms with Crippen molar-refractivity contribution in [2.75, 3.05) is 5.75 Å². The SMILES string of the molecule is Cc1cc(C)c(S(=O)(=O)NC(CSc2cccc(Cl)c2Cl)C(F)(F)F)c(C)c1. The van der Waals surface area contributed by atoms with E-state index in [0.29, 0.717) is 16.0 Å². The molecule has 1 unspecified atom stereocenters. The van der Waals surface area contributed by atoms with Crippen molar-refractivity contribution in [1.29, 1.82) is 0 Å². The van der Waals surface area contributed by atoms with Crippen molar-refractivity contribution in [2.24, 2.45) is 0 Å². The summed E-state index contributed by atoms with van der Waals surface area (Å²) < 4.78 is 67.8. The van der Waals surface area contributed by atoms with Crippen LogP contribution in [0.2, 0.25) is 10.0 Å². The van der Waals surface area contributed by atoms with Gasteiger partial charge in [0.1, 0.15) is 6.04 Å². The average Bonchev–Trinajstić information content (AvgIpc) is 2.52. The number of alkyl halides is 3. The molecule has 2 aromatic carbocycles. The number of sulfonamides is 1. The zero-order valence-corrected chi connectivity index (χ0v) is 18.3. The minimum atomic E-state index is -4.78. The topological polar surface area (TPSA) is 46.2 Å². The first-order valence-electron chi connectivity index (χ1n) is 8.06. The van der Waals surface area contributed by atoms with Crippen molar-refractivity contribution in [3.63, 3.8) is 0 Å². The van der Waals surface area contributed by atoms with E-state index in [-0.39, 0.29) is 14.9 Å². The fraction of sp³-hybridized carbons (Fsp3) is 0.333. The first-order chi connectivity index (χ1) is 12.8. The summed E-state index contributed by atoms with van der Waals surface area (Å²) in [6.45, 7) is 4.89. The number of aryl methyl sites for hydroxylation is 3. The van der Waals surface area contributed by atoms with Crippen molar-refractivity contribution < 1.29 is 21.6 Å². The Morgan fingerprint density at radius 3 is 2.21 bits per heavy atom. The van der Waals surface area contributed by atoms with Crippen LogP contribution in [0.15, 0.2) is 40.1 Å². The van der Waals surface area contributed by atoms with E-state index in [1.165, 1.54) is 12.1 Å². The molecular formula is C18H18Cl2F3NO2S2. The van der Waals surface area contributed by atoms with Crippen molar-refractivity contribution in [2.45, 2.75) is 42.8 Å². The maximum absolute atomic E-state index is 13.5. The molecule has 0 heterocycles. The molecule has 2 rings (SSSR count). The summed E-state index contributed by atoms with van der Waals surface area (Å²) in [5.41, 5.74) is 1.60. The molecule has 0 fully saturated rings. The van der Waals surface area contributed by atoms with Gasteiger partial charge in [-0.1, -0.05) is 47.0 Å². The van der Waals surface area contributed by atoms with Crippen molar-refractivity contribution in [1.82, 2.24) is 4.72 Å². The molecule has 0 amide bonds. The highest BCUT2D eigenvalue weighted by Gasteiger charge is 2.42. The molecule has 28 heavy (non-hydrogen) atoms. The Bertz CT molecular complexity index is 956. The standard InChI is InChI=1S/C18H18Cl2F3NO2S2/c1-10-7-11(2)17(12(3)8-10)28(25,26)24-15(18(21,22)23)9-27-14-6-4-5-13(19)16(14)20/h4-8,15,24H,9H2,1-3H3. The molecule has 10 heteroatoms. The van der Waals surface area contributed by atoms with Gasteiger partial charge in [0, 0.05) is 10.6 Å². The molecule has 0 bridgehead atoms. The Morgan fingerprint density at radius 2 is 1.68 bits per heavy atom. The number of halogens is 5. The van der Waals surface area contributed by atoms with Crippen LogP contribution in [0.25, 0.3) is 0 Å². The third-order valence-electron chi connectivity index (χ3n) is 3.89. The van der Waals surface area contributed by atoms with E-state index in [9.17, 15) is 21.6 Å². The normalized spacial score (nSPS) is 13.6. The van der Waals surface area contributed by atoms with Crippen molar-refractivity contribution in [3.05, 3.63) is 57.1 Å². The highest BCUT2D eigenvalue weighted by molar-refractivity contribution is 7.99. The van der Waals surface area contributed by atoms with E-state index in [1.54, 1.807) is 43.7 Å². The summed E-state index contributed by atoms with van der Waals surface area (Å²) in [5, 5.41) is 0.338. The first-order valence-corrected chi connectivity index (χ1v) is 11.3. The molecule has 0 saturated heterocycles. The molecule has 0 spiro atoms. The summed E-state index contributed by atoms with van der Waals surface area (Å²) >= 11 is 12.7. The van der Waals surface area contributed by atoms with Crippen molar-refractivity contribution in [3.8, 4) is 0 Å². The van der Waals surface area contributed by atoms with E-state index in [1.807, 2.05) is 0 Å². The van der Waals surface area contributed by atoms with Crippen LogP contribution in [0.4, 0.5) is 13.2 Å². The second-order valence-electron chi connectivity index (χ2n) is 6.31. The van der Waals surface area contributed by atoms with Crippen LogP contribution in [0.5, 0.6) is 0 Å². The molecule has 0 aliphatic carbocycles. The molecule has 0 aromatic heterocycles. The average molecular weight is 472 g/mol. The molecule has 1 atom stereocenters. The molecule has 154 valence electrons. The summed E-state index contributed by atoms with van der Waals surface area (Å²) in [7, 11) is -4.39. The van der Waals surface area contributed by atoms with Crippen molar-refractivity contribution >= 4 is 45.0 Å². The maximum atomic E-state index is 13.5. The van der Waals surface area contributed by atoms with Crippen LogP contribution in [-0.4, -0.2) is 26.4 Å². The van der Waals surface area contributed by atoms with Gasteiger partial charge in [-0.2, -0.15) is 17.9 Å². The largest absolute Gasteiger partial charge is 0.405 e. The van der Waals surface area contributed by atoms with E-state index in [2.05, 4.69) is 0 Å². The fourth-order valence-corrected chi connectivity index (χ4v) is 6.13. The van der Waals surface area contributed by atoms with Gasteiger partial charge in [-0.15, -0.1) is 11.8 Å². The summed E-state index contributed by atoms with van der Waals surface area (Å²) in [6.07, 6.45) is -4.78. The third-order valence-corrected chi connectivity index (χ3v) is 7.75. The Hall–Kier alpha value is -0.930. The lowest BCUT2D eigenvalue weighted by atomic mass is 10.1. The predicted octanol–water partition coefficient (Wildman–Crippen LogP) is 5.92. The number of hydrogen-bond acceptors (Lipinski definition) is 3. The van der Waals surface area contributed by atoms with E-state index in [0.717, 1.165) is 17.3 Å². The predicted molar refractivity (Wildman–Crippen MR) is 108 cm³/mol. The fourth-order valence-electron chi connectivity index (χ4n) is 2.80. The Balaban J connectivity index is 2.31. The quantitative estimate of drug-likeness (QED) is 0.531. The van der Waals surface area contributed by atoms with Crippen LogP contribution >= 0.6 is 35.0 Å². The summed E-state index contributed by atoms with van der Waals surface area (Å²) in [4.78, 5) is 0.198. The highest BCUT2D eigenvalue weighted by Crippen LogP contribution is 2.35. The zero-order valence-electron chi connectivity index (χ0n) is 15.2. The lowest BCUT2D eigenvalue weighted by Gasteiger charge is -2.23. The number of hydrogen-bond donors (Lipinski definition) is 1. The van der Waals surface area contributed by atoms with Gasteiger partial charge in [-0.25, -0.2) is 8.42 Å². The van der Waals surface area contributed by atoms with E-state index in [4.69, 9.17) is 23.2 Å². The lowest BCUT2D eigenvalue weighted by Crippen LogP contribution is -2.47. The first kappa shape index (κ1) is 23.3. The van der Waals surface area contributed by atoms with Crippen LogP contribution in [0, 0.1) is 20.8 Å². The minimum absolute atomic E-state index is 0.128. The molecule has 0 aliphatic rings. The van der Waals surface area contributed by atoms with Gasteiger partial charge >= 0.3 is 6.18 Å². The minimum Gasteiger partial charge on any atom is -0.207 e. The zero-order chi connectivity index (χ0) is 21.3. The van der Waals surface area contributed by atoms with Gasteiger partial charge in [0.05, 0.1) is 14.9 Å². The van der Waals surface area contributed by atoms with Gasteiger partial charge in [0.15, 0.2) is 0 Å². The second kappa shape index (κ2) is 8.83. The molecule has 3 nitrogen and oxygen atoms in total. The van der Waals surface area contributed by atoms with Gasteiger partial charge in [0.25, 0.3) is 0 Å². The van der Waals surface area contributed by atoms with E-state index < -0.39 is 28.0 Å². The molecule has 2 aromatic rings. The Kier molecular flexibility index (Phi) is 7.37. The van der Waals surface area contributed by atoms with Crippen LogP contribution < -0.4 is 4.72 Å². The molecule has 1 N–H and O–H groups in total. The van der Waals surface area contributed by atoms with E-state index >= 15 is 0 Å². The molecule has 0 aliphatic heterocycles. The van der Waals surface area contributed by atoms with Crippen LogP contribution in [-0.2, 0) is 10.0 Å². The Morgan fingerprint density at radius 1 is 1.11 bits per heavy atom. The number of rotatable bonds is 6.